The first-order valence-corrected chi connectivity index (χ1v) is 8.17. The smallest absolute Gasteiger partial charge is 0.327 e. The zero-order valence-electron chi connectivity index (χ0n) is 14.5. The van der Waals surface area contributed by atoms with Gasteiger partial charge in [-0.15, -0.1) is 0 Å². The highest BCUT2D eigenvalue weighted by Crippen LogP contribution is 2.37. The fraction of sp³-hybridized carbons (Fsp3) is 0.556. The van der Waals surface area contributed by atoms with Gasteiger partial charge < -0.3 is 15.6 Å². The van der Waals surface area contributed by atoms with Gasteiger partial charge in [0.2, 0.25) is 0 Å². The van der Waals surface area contributed by atoms with Crippen LogP contribution < -0.4 is 5.73 Å². The van der Waals surface area contributed by atoms with Crippen molar-refractivity contribution in [2.24, 2.45) is 11.1 Å². The highest BCUT2D eigenvalue weighted by atomic mass is 16.6. The fourth-order valence-corrected chi connectivity index (χ4v) is 3.07. The first-order chi connectivity index (χ1) is 11.2. The third-order valence-corrected chi connectivity index (χ3v) is 4.29. The number of nitrogens with two attached hydrogens (primary N) is 1. The molecule has 0 aromatic heterocycles. The lowest BCUT2D eigenvalue weighted by molar-refractivity contribution is -0.186. The molecule has 2 atom stereocenters. The molecule has 3 N–H and O–H groups in total. The number of aliphatic carboxylic acids is 1. The van der Waals surface area contributed by atoms with E-state index in [-0.39, 0.29) is 6.42 Å². The van der Waals surface area contributed by atoms with E-state index in [1.54, 1.807) is 20.8 Å². The van der Waals surface area contributed by atoms with Crippen molar-refractivity contribution in [3.8, 4) is 0 Å². The summed E-state index contributed by atoms with van der Waals surface area (Å²) in [6, 6.07) is 9.67. The van der Waals surface area contributed by atoms with E-state index in [0.717, 1.165) is 5.56 Å². The molecule has 1 aliphatic rings. The standard InChI is InChI=1S/C18H26N2O4/c1-17(2,3)24-16(23)18(15(21)22)10-7-11-20(14(18)19)12-13-8-5-4-6-9-13/h4-6,8-9,14H,7,10-12,19H2,1-3H3,(H,21,22)/t14-,18+/m1/s1. The van der Waals surface area contributed by atoms with Gasteiger partial charge in [-0.25, -0.2) is 0 Å². The molecule has 1 aromatic rings. The second-order valence-electron chi connectivity index (χ2n) is 7.28. The van der Waals surface area contributed by atoms with Crippen LogP contribution in [-0.2, 0) is 20.9 Å². The molecule has 0 radical (unpaired) electrons. The van der Waals surface area contributed by atoms with Crippen LogP contribution in [0.2, 0.25) is 0 Å². The summed E-state index contributed by atoms with van der Waals surface area (Å²) in [5.41, 5.74) is 4.80. The van der Waals surface area contributed by atoms with Gasteiger partial charge in [0.1, 0.15) is 5.60 Å². The fourth-order valence-electron chi connectivity index (χ4n) is 3.07. The molecule has 0 saturated carbocycles. The SMILES string of the molecule is CC(C)(C)OC(=O)[C@@]1(C(=O)O)CCCN(Cc2ccccc2)[C@H]1N. The molecule has 1 saturated heterocycles. The van der Waals surface area contributed by atoms with Crippen molar-refractivity contribution >= 4 is 11.9 Å². The number of nitrogens with zero attached hydrogens (tertiary/aromatic N) is 1. The van der Waals surface area contributed by atoms with E-state index in [1.807, 2.05) is 35.2 Å². The Kier molecular flexibility index (Phi) is 5.30. The summed E-state index contributed by atoms with van der Waals surface area (Å²) < 4.78 is 5.38. The molecule has 0 bridgehead atoms. The van der Waals surface area contributed by atoms with Crippen LogP contribution in [0.3, 0.4) is 0 Å². The number of hydrogen-bond acceptors (Lipinski definition) is 5. The Morgan fingerprint density at radius 2 is 1.96 bits per heavy atom. The van der Waals surface area contributed by atoms with E-state index in [1.165, 1.54) is 0 Å². The Balaban J connectivity index is 2.27. The first-order valence-electron chi connectivity index (χ1n) is 8.17. The van der Waals surface area contributed by atoms with Crippen LogP contribution in [-0.4, -0.2) is 40.3 Å². The van der Waals surface area contributed by atoms with Gasteiger partial charge in [-0.2, -0.15) is 0 Å². The molecule has 0 aliphatic carbocycles. The molecule has 1 aliphatic heterocycles. The van der Waals surface area contributed by atoms with E-state index in [2.05, 4.69) is 0 Å². The predicted molar refractivity (Wildman–Crippen MR) is 90.0 cm³/mol. The molecule has 2 rings (SSSR count). The summed E-state index contributed by atoms with van der Waals surface area (Å²) in [4.78, 5) is 26.5. The Morgan fingerprint density at radius 3 is 2.50 bits per heavy atom. The maximum Gasteiger partial charge on any atom is 0.327 e. The molecule has 1 heterocycles. The van der Waals surface area contributed by atoms with E-state index in [0.29, 0.717) is 19.5 Å². The van der Waals surface area contributed by atoms with Crippen molar-refractivity contribution in [3.63, 3.8) is 0 Å². The van der Waals surface area contributed by atoms with Crippen molar-refractivity contribution in [1.29, 1.82) is 0 Å². The molecule has 1 fully saturated rings. The first kappa shape index (κ1) is 18.4. The third kappa shape index (κ3) is 3.76. The van der Waals surface area contributed by atoms with Crippen LogP contribution in [0.25, 0.3) is 0 Å². The van der Waals surface area contributed by atoms with Crippen LogP contribution in [0.1, 0.15) is 39.2 Å². The monoisotopic (exact) mass is 334 g/mol. The number of carbonyl (C=O) groups excluding carboxylic acids is 1. The normalized spacial score (nSPS) is 25.2. The number of carbonyl (C=O) groups is 2. The molecule has 0 unspecified atom stereocenters. The maximum atomic E-state index is 12.7. The Labute approximate surface area is 142 Å². The lowest BCUT2D eigenvalue weighted by atomic mass is 9.76. The van der Waals surface area contributed by atoms with Crippen LogP contribution in [0, 0.1) is 5.41 Å². The summed E-state index contributed by atoms with van der Waals surface area (Å²) >= 11 is 0. The third-order valence-electron chi connectivity index (χ3n) is 4.29. The molecule has 0 amide bonds. The maximum absolute atomic E-state index is 12.7. The average molecular weight is 334 g/mol. The van der Waals surface area contributed by atoms with E-state index < -0.39 is 29.1 Å². The van der Waals surface area contributed by atoms with Crippen LogP contribution in [0.5, 0.6) is 0 Å². The number of likely N-dealkylation sites (tertiary alicyclic amines) is 1. The van der Waals surface area contributed by atoms with Crippen LogP contribution in [0.15, 0.2) is 30.3 Å². The summed E-state index contributed by atoms with van der Waals surface area (Å²) in [5, 5.41) is 9.80. The minimum atomic E-state index is -1.74. The van der Waals surface area contributed by atoms with Crippen molar-refractivity contribution in [1.82, 2.24) is 4.90 Å². The van der Waals surface area contributed by atoms with Crippen LogP contribution >= 0.6 is 0 Å². The van der Waals surface area contributed by atoms with Gasteiger partial charge in [0, 0.05) is 13.1 Å². The minimum Gasteiger partial charge on any atom is -0.480 e. The summed E-state index contributed by atoms with van der Waals surface area (Å²) in [6.07, 6.45) is -0.172. The molecular weight excluding hydrogens is 308 g/mol. The second-order valence-corrected chi connectivity index (χ2v) is 7.28. The highest BCUT2D eigenvalue weighted by Gasteiger charge is 2.57. The topological polar surface area (TPSA) is 92.9 Å². The molecule has 132 valence electrons. The van der Waals surface area contributed by atoms with E-state index >= 15 is 0 Å². The van der Waals surface area contributed by atoms with Crippen molar-refractivity contribution in [3.05, 3.63) is 35.9 Å². The average Bonchev–Trinajstić information content (AvgIpc) is 2.48. The number of carboxylic acids is 1. The lowest BCUT2D eigenvalue weighted by Gasteiger charge is -2.44. The predicted octanol–water partition coefficient (Wildman–Crippen LogP) is 1.98. The number of piperidine rings is 1. The molecule has 6 heteroatoms. The van der Waals surface area contributed by atoms with Gasteiger partial charge >= 0.3 is 11.9 Å². The van der Waals surface area contributed by atoms with Gasteiger partial charge in [0.15, 0.2) is 5.41 Å². The molecule has 0 spiro atoms. The zero-order valence-corrected chi connectivity index (χ0v) is 14.5. The Hall–Kier alpha value is -1.92. The van der Waals surface area contributed by atoms with E-state index in [9.17, 15) is 14.7 Å². The molecule has 24 heavy (non-hydrogen) atoms. The van der Waals surface area contributed by atoms with Gasteiger partial charge in [-0.1, -0.05) is 30.3 Å². The summed E-state index contributed by atoms with van der Waals surface area (Å²) in [6.45, 7) is 6.30. The van der Waals surface area contributed by atoms with Gasteiger partial charge in [0.25, 0.3) is 0 Å². The molecule has 6 nitrogen and oxygen atoms in total. The number of hydrogen-bond donors (Lipinski definition) is 2. The van der Waals surface area contributed by atoms with Gasteiger partial charge in [-0.3, -0.25) is 14.5 Å². The van der Waals surface area contributed by atoms with Gasteiger partial charge in [-0.05, 0) is 39.2 Å². The summed E-state index contributed by atoms with van der Waals surface area (Å²) in [7, 11) is 0. The second kappa shape index (κ2) is 6.91. The number of benzene rings is 1. The lowest BCUT2D eigenvalue weighted by Crippen LogP contribution is -2.64. The van der Waals surface area contributed by atoms with Crippen molar-refractivity contribution < 1.29 is 19.4 Å². The van der Waals surface area contributed by atoms with Crippen molar-refractivity contribution in [2.75, 3.05) is 6.54 Å². The van der Waals surface area contributed by atoms with Gasteiger partial charge in [0.05, 0.1) is 6.17 Å². The number of rotatable bonds is 4. The minimum absolute atomic E-state index is 0.184. The number of esters is 1. The van der Waals surface area contributed by atoms with E-state index in [4.69, 9.17) is 10.5 Å². The van der Waals surface area contributed by atoms with Crippen LogP contribution in [0.4, 0.5) is 0 Å². The number of carboxylic acid groups (broad SMARTS) is 1. The summed E-state index contributed by atoms with van der Waals surface area (Å²) in [5.74, 6) is -1.98. The Morgan fingerprint density at radius 1 is 1.33 bits per heavy atom. The van der Waals surface area contributed by atoms with Crippen molar-refractivity contribution in [2.45, 2.75) is 51.9 Å². The highest BCUT2D eigenvalue weighted by molar-refractivity contribution is 6.00. The molecule has 1 aromatic carbocycles. The number of ether oxygens (including phenoxy) is 1. The largest absolute Gasteiger partial charge is 0.480 e. The zero-order chi connectivity index (χ0) is 18.0. The molecular formula is C18H26N2O4. The quantitative estimate of drug-likeness (QED) is 0.646. The Bertz CT molecular complexity index is 597.